The van der Waals surface area contributed by atoms with Crippen LogP contribution in [0.2, 0.25) is 0 Å². The van der Waals surface area contributed by atoms with E-state index in [1.807, 2.05) is 0 Å². The quantitative estimate of drug-likeness (QED) is 0.131. The molecule has 0 fully saturated rings. The molecule has 246 valence electrons. The van der Waals surface area contributed by atoms with Gasteiger partial charge in [-0.15, -0.1) is 0 Å². The van der Waals surface area contributed by atoms with Crippen molar-refractivity contribution in [2.24, 2.45) is 0 Å². The lowest BCUT2D eigenvalue weighted by Gasteiger charge is -2.47. The van der Waals surface area contributed by atoms with Gasteiger partial charge in [-0.1, -0.05) is 119 Å². The molecule has 0 bridgehead atoms. The number of rotatable bonds is 10. The zero-order valence-corrected chi connectivity index (χ0v) is 30.0. The predicted molar refractivity (Wildman–Crippen MR) is 209 cm³/mol. The molecule has 49 heavy (non-hydrogen) atoms. The lowest BCUT2D eigenvalue weighted by atomic mass is 9.58. The van der Waals surface area contributed by atoms with Gasteiger partial charge in [0.15, 0.2) is 11.7 Å². The van der Waals surface area contributed by atoms with Gasteiger partial charge in [0.25, 0.3) is 0 Å². The molecule has 2 heterocycles. The summed E-state index contributed by atoms with van der Waals surface area (Å²) in [5.41, 5.74) is 15.7. The molecule has 0 saturated heterocycles. The van der Waals surface area contributed by atoms with Crippen molar-refractivity contribution in [3.63, 3.8) is 0 Å². The van der Waals surface area contributed by atoms with Gasteiger partial charge >= 0.3 is 0 Å². The second-order valence-corrected chi connectivity index (χ2v) is 14.2. The van der Waals surface area contributed by atoms with E-state index >= 15 is 0 Å². The monoisotopic (exact) mass is 640 g/mol. The van der Waals surface area contributed by atoms with Crippen molar-refractivity contribution in [2.75, 3.05) is 0 Å². The summed E-state index contributed by atoms with van der Waals surface area (Å²) in [6, 6.07) is 50.2. The SMILES string of the molecule is CCCCc1cccc(-c2cc(-c3ccccc3)cc(-c3cccc(-c4ccc5c(c4)-c4cccc[n+]4C(CC)(CC)C5(C)CC)c3)c2)c1. The van der Waals surface area contributed by atoms with Crippen LogP contribution in [-0.2, 0) is 17.4 Å². The molecular formula is C48H50N+. The van der Waals surface area contributed by atoms with E-state index in [2.05, 4.69) is 179 Å². The Morgan fingerprint density at radius 2 is 1.06 bits per heavy atom. The summed E-state index contributed by atoms with van der Waals surface area (Å²) >= 11 is 0. The molecule has 1 aromatic heterocycles. The molecule has 0 amide bonds. The molecule has 0 aliphatic carbocycles. The molecule has 1 heteroatoms. The molecule has 7 rings (SSSR count). The number of nitrogens with zero attached hydrogens (tertiary/aromatic N) is 1. The summed E-state index contributed by atoms with van der Waals surface area (Å²) in [6.07, 6.45) is 9.17. The number of fused-ring (bicyclic) bond motifs is 3. The Kier molecular flexibility index (Phi) is 9.12. The Balaban J connectivity index is 1.34. The van der Waals surface area contributed by atoms with E-state index in [0.717, 1.165) is 25.7 Å². The third-order valence-electron chi connectivity index (χ3n) is 11.8. The van der Waals surface area contributed by atoms with E-state index in [1.165, 1.54) is 79.7 Å². The lowest BCUT2D eigenvalue weighted by Crippen LogP contribution is -2.68. The first-order valence-corrected chi connectivity index (χ1v) is 18.5. The van der Waals surface area contributed by atoms with Crippen molar-refractivity contribution < 1.29 is 4.57 Å². The first-order valence-electron chi connectivity index (χ1n) is 18.5. The topological polar surface area (TPSA) is 3.88 Å². The van der Waals surface area contributed by atoms with E-state index in [9.17, 15) is 0 Å². The standard InChI is InChI=1S/C48H50N/c1-6-10-18-35-19-16-22-37(29-35)42-31-41(36-20-12-11-13-21-36)32-43(33-42)39-24-17-23-38(30-39)40-26-27-45-44(34-40)46-25-14-15-28-49(46)48(8-3,9-4)47(45,5)7-2/h11-17,19-34H,6-10,18H2,1-5H3/q+1. The third kappa shape index (κ3) is 5.74. The van der Waals surface area contributed by atoms with Gasteiger partial charge < -0.3 is 0 Å². The largest absolute Gasteiger partial charge is 0.213 e. The number of unbranched alkanes of at least 4 members (excludes halogenated alkanes) is 1. The lowest BCUT2D eigenvalue weighted by molar-refractivity contribution is -0.769. The van der Waals surface area contributed by atoms with Gasteiger partial charge in [-0.05, 0) is 118 Å². The number of benzene rings is 5. The van der Waals surface area contributed by atoms with E-state index in [4.69, 9.17) is 0 Å². The summed E-state index contributed by atoms with van der Waals surface area (Å²) < 4.78 is 2.60. The maximum atomic E-state index is 2.60. The Bertz CT molecular complexity index is 2080. The summed E-state index contributed by atoms with van der Waals surface area (Å²) in [5, 5.41) is 0. The average Bonchev–Trinajstić information content (AvgIpc) is 3.17. The second kappa shape index (κ2) is 13.6. The average molecular weight is 641 g/mol. The van der Waals surface area contributed by atoms with Gasteiger partial charge in [-0.3, -0.25) is 0 Å². The molecule has 0 saturated carbocycles. The van der Waals surface area contributed by atoms with Gasteiger partial charge in [0.05, 0.1) is 11.0 Å². The Hall–Kier alpha value is -4.75. The van der Waals surface area contributed by atoms with E-state index in [-0.39, 0.29) is 11.0 Å². The fourth-order valence-corrected chi connectivity index (χ4v) is 8.78. The van der Waals surface area contributed by atoms with E-state index < -0.39 is 0 Å². The maximum absolute atomic E-state index is 2.60. The highest BCUT2D eigenvalue weighted by Crippen LogP contribution is 2.51. The number of hydrogen-bond donors (Lipinski definition) is 0. The minimum Gasteiger partial charge on any atom is -0.192 e. The smallest absolute Gasteiger partial charge is 0.192 e. The highest BCUT2D eigenvalue weighted by Gasteiger charge is 2.58. The van der Waals surface area contributed by atoms with Crippen LogP contribution in [0.4, 0.5) is 0 Å². The van der Waals surface area contributed by atoms with Crippen LogP contribution < -0.4 is 4.57 Å². The number of hydrogen-bond acceptors (Lipinski definition) is 0. The Morgan fingerprint density at radius 1 is 0.490 bits per heavy atom. The van der Waals surface area contributed by atoms with Crippen LogP contribution >= 0.6 is 0 Å². The highest BCUT2D eigenvalue weighted by atomic mass is 15.1. The first-order chi connectivity index (χ1) is 23.9. The number of aryl methyl sites for hydroxylation is 1. The van der Waals surface area contributed by atoms with Crippen molar-refractivity contribution >= 4 is 0 Å². The normalized spacial score (nSPS) is 16.2. The zero-order chi connectivity index (χ0) is 34.0. The molecule has 1 aliphatic rings. The molecule has 0 radical (unpaired) electrons. The molecule has 1 atom stereocenters. The van der Waals surface area contributed by atoms with E-state index in [1.54, 1.807) is 0 Å². The van der Waals surface area contributed by atoms with Crippen LogP contribution in [-0.4, -0.2) is 0 Å². The van der Waals surface area contributed by atoms with Crippen molar-refractivity contribution in [2.45, 2.75) is 84.1 Å². The van der Waals surface area contributed by atoms with Crippen LogP contribution in [0.5, 0.6) is 0 Å². The van der Waals surface area contributed by atoms with Crippen LogP contribution in [0, 0.1) is 0 Å². The Morgan fingerprint density at radius 3 is 1.73 bits per heavy atom. The van der Waals surface area contributed by atoms with Crippen molar-refractivity contribution in [1.29, 1.82) is 0 Å². The predicted octanol–water partition coefficient (Wildman–Crippen LogP) is 12.8. The molecule has 6 aromatic rings. The first kappa shape index (κ1) is 32.8. The number of pyridine rings is 1. The fraction of sp³-hybridized carbons (Fsp3) is 0.271. The molecule has 0 N–H and O–H groups in total. The summed E-state index contributed by atoms with van der Waals surface area (Å²) in [7, 11) is 0. The maximum Gasteiger partial charge on any atom is 0.213 e. The molecule has 1 unspecified atom stereocenters. The number of aromatic nitrogens is 1. The van der Waals surface area contributed by atoms with Crippen LogP contribution in [0.25, 0.3) is 55.8 Å². The molecule has 0 spiro atoms. The van der Waals surface area contributed by atoms with Crippen molar-refractivity contribution in [3.05, 3.63) is 151 Å². The van der Waals surface area contributed by atoms with Crippen LogP contribution in [0.15, 0.2) is 140 Å². The van der Waals surface area contributed by atoms with E-state index in [0.29, 0.717) is 0 Å². The fourth-order valence-electron chi connectivity index (χ4n) is 8.78. The minimum atomic E-state index is 0.0351. The minimum absolute atomic E-state index is 0.0351. The summed E-state index contributed by atoms with van der Waals surface area (Å²) in [4.78, 5) is 0. The Labute approximate surface area is 294 Å². The van der Waals surface area contributed by atoms with Crippen LogP contribution in [0.1, 0.15) is 77.8 Å². The van der Waals surface area contributed by atoms with Gasteiger partial charge in [0, 0.05) is 25.0 Å². The van der Waals surface area contributed by atoms with Crippen LogP contribution in [0.3, 0.4) is 0 Å². The zero-order valence-electron chi connectivity index (χ0n) is 30.0. The van der Waals surface area contributed by atoms with Crippen molar-refractivity contribution in [3.8, 4) is 55.8 Å². The molecule has 1 aliphatic heterocycles. The third-order valence-corrected chi connectivity index (χ3v) is 11.8. The van der Waals surface area contributed by atoms with Gasteiger partial charge in [-0.2, -0.15) is 4.57 Å². The molecule has 1 nitrogen and oxygen atoms in total. The molecule has 5 aromatic carbocycles. The summed E-state index contributed by atoms with van der Waals surface area (Å²) in [6.45, 7) is 11.9. The van der Waals surface area contributed by atoms with Gasteiger partial charge in [0.1, 0.15) is 0 Å². The second-order valence-electron chi connectivity index (χ2n) is 14.2. The molecular weight excluding hydrogens is 591 g/mol. The van der Waals surface area contributed by atoms with Gasteiger partial charge in [-0.25, -0.2) is 0 Å². The summed E-state index contributed by atoms with van der Waals surface area (Å²) in [5.74, 6) is 0. The van der Waals surface area contributed by atoms with Gasteiger partial charge in [0.2, 0.25) is 5.69 Å². The van der Waals surface area contributed by atoms with Crippen molar-refractivity contribution in [1.82, 2.24) is 0 Å². The highest BCUT2D eigenvalue weighted by molar-refractivity contribution is 5.84.